The molecule has 0 aromatic heterocycles. The van der Waals surface area contributed by atoms with Gasteiger partial charge in [0.25, 0.3) is 5.60 Å². The van der Waals surface area contributed by atoms with Gasteiger partial charge in [0.05, 0.1) is 26.5 Å². The van der Waals surface area contributed by atoms with Gasteiger partial charge in [0.1, 0.15) is 17.5 Å². The number of methoxy groups -OCH3 is 2. The Morgan fingerprint density at radius 3 is 1.96 bits per heavy atom. The predicted molar refractivity (Wildman–Crippen MR) is 85.3 cm³/mol. The van der Waals surface area contributed by atoms with Gasteiger partial charge in [-0.25, -0.2) is 4.79 Å². The van der Waals surface area contributed by atoms with Crippen molar-refractivity contribution in [2.45, 2.75) is 37.8 Å². The number of alkyl halides is 6. The van der Waals surface area contributed by atoms with Gasteiger partial charge in [0.2, 0.25) is 0 Å². The van der Waals surface area contributed by atoms with E-state index >= 15 is 0 Å². The number of hydrogen-bond acceptors (Lipinski definition) is 6. The van der Waals surface area contributed by atoms with Crippen LogP contribution in [0.2, 0.25) is 0 Å². The van der Waals surface area contributed by atoms with Crippen LogP contribution >= 0.6 is 0 Å². The summed E-state index contributed by atoms with van der Waals surface area (Å²) in [4.78, 5) is 11.7. The van der Waals surface area contributed by atoms with Crippen molar-refractivity contribution in [2.75, 3.05) is 26.1 Å². The Morgan fingerprint density at radius 1 is 1.07 bits per heavy atom. The number of halogens is 6. The van der Waals surface area contributed by atoms with E-state index in [-0.39, 0.29) is 12.3 Å². The number of benzene rings is 1. The second-order valence-electron chi connectivity index (χ2n) is 5.58. The van der Waals surface area contributed by atoms with E-state index in [0.29, 0.717) is 6.07 Å². The van der Waals surface area contributed by atoms with Crippen molar-refractivity contribution in [2.24, 2.45) is 0 Å². The van der Waals surface area contributed by atoms with E-state index in [9.17, 15) is 36.2 Å². The Kier molecular flexibility index (Phi) is 7.04. The Bertz CT molecular complexity index is 690. The lowest BCUT2D eigenvalue weighted by Gasteiger charge is -2.34. The fourth-order valence-electron chi connectivity index (χ4n) is 2.32. The average Bonchev–Trinajstić information content (AvgIpc) is 2.58. The maximum Gasteiger partial charge on any atom is 0.430 e. The molecule has 0 aliphatic carbocycles. The zero-order chi connectivity index (χ0) is 21.9. The molecule has 28 heavy (non-hydrogen) atoms. The molecule has 2 N–H and O–H groups in total. The van der Waals surface area contributed by atoms with Crippen LogP contribution in [0.3, 0.4) is 0 Å². The van der Waals surface area contributed by atoms with Crippen LogP contribution in [0.15, 0.2) is 12.1 Å². The maximum atomic E-state index is 13.2. The molecule has 1 rings (SSSR count). The van der Waals surface area contributed by atoms with Crippen LogP contribution in [-0.2, 0) is 15.1 Å². The molecule has 1 aromatic carbocycles. The fraction of sp³-hybridized carbons (Fsp3) is 0.562. The molecule has 0 aliphatic heterocycles. The van der Waals surface area contributed by atoms with E-state index in [1.807, 2.05) is 0 Å². The van der Waals surface area contributed by atoms with Gasteiger partial charge in [0, 0.05) is 11.6 Å². The Hall–Kier alpha value is -2.37. The van der Waals surface area contributed by atoms with Gasteiger partial charge in [0.15, 0.2) is 0 Å². The van der Waals surface area contributed by atoms with Gasteiger partial charge in [-0.1, -0.05) is 0 Å². The van der Waals surface area contributed by atoms with Crippen LogP contribution in [0.1, 0.15) is 19.4 Å². The van der Waals surface area contributed by atoms with E-state index in [1.165, 1.54) is 6.92 Å². The third-order valence-electron chi connectivity index (χ3n) is 3.74. The molecule has 0 saturated heterocycles. The van der Waals surface area contributed by atoms with Crippen molar-refractivity contribution in [3.05, 3.63) is 17.7 Å². The minimum Gasteiger partial charge on any atom is -0.496 e. The highest BCUT2D eigenvalue weighted by molar-refractivity contribution is 5.80. The highest BCUT2D eigenvalue weighted by Gasteiger charge is 2.72. The molecule has 6 nitrogen and oxygen atoms in total. The van der Waals surface area contributed by atoms with Gasteiger partial charge in [-0.15, -0.1) is 0 Å². The predicted octanol–water partition coefficient (Wildman–Crippen LogP) is 3.38. The van der Waals surface area contributed by atoms with Crippen molar-refractivity contribution in [1.82, 2.24) is 0 Å². The summed E-state index contributed by atoms with van der Waals surface area (Å²) in [6.45, 7) is 2.98. The summed E-state index contributed by atoms with van der Waals surface area (Å²) in [7, 11) is 1.82. The molecule has 0 spiro atoms. The van der Waals surface area contributed by atoms with Crippen LogP contribution in [0, 0.1) is 0 Å². The minimum atomic E-state index is -6.10. The van der Waals surface area contributed by atoms with Gasteiger partial charge in [-0.2, -0.15) is 26.3 Å². The molecule has 0 aliphatic rings. The van der Waals surface area contributed by atoms with E-state index in [4.69, 9.17) is 9.47 Å². The largest absolute Gasteiger partial charge is 0.496 e. The fourth-order valence-corrected chi connectivity index (χ4v) is 2.32. The summed E-state index contributed by atoms with van der Waals surface area (Å²) in [6.07, 6.45) is -12.2. The van der Waals surface area contributed by atoms with Gasteiger partial charge < -0.3 is 24.6 Å². The summed E-state index contributed by atoms with van der Waals surface area (Å²) >= 11 is 0. The molecule has 0 bridgehead atoms. The summed E-state index contributed by atoms with van der Waals surface area (Å²) in [5.74, 6) is -2.12. The second kappa shape index (κ2) is 8.33. The van der Waals surface area contributed by atoms with Crippen molar-refractivity contribution in [3.63, 3.8) is 0 Å². The number of carbonyl (C=O) groups is 1. The standard InChI is InChI=1S/C16H19F6NO5/c1-5-28-13(24)8(2)23-10-7-11(26-3)9(6-12(10)27-4)14(25,15(17,18)19)16(20,21)22/h6-8,23,25H,5H2,1-4H3/t8-/m1/s1. The number of anilines is 1. The number of nitrogens with one attached hydrogen (secondary N) is 1. The Labute approximate surface area is 156 Å². The van der Waals surface area contributed by atoms with Crippen molar-refractivity contribution in [1.29, 1.82) is 0 Å². The number of esters is 1. The van der Waals surface area contributed by atoms with Crippen molar-refractivity contribution < 1.29 is 50.5 Å². The first-order valence-electron chi connectivity index (χ1n) is 7.80. The molecule has 1 atom stereocenters. The van der Waals surface area contributed by atoms with E-state index in [2.05, 4.69) is 10.1 Å². The monoisotopic (exact) mass is 419 g/mol. The molecule has 0 fully saturated rings. The third kappa shape index (κ3) is 4.37. The Balaban J connectivity index is 3.58. The Morgan fingerprint density at radius 2 is 1.57 bits per heavy atom. The van der Waals surface area contributed by atoms with Crippen molar-refractivity contribution >= 4 is 11.7 Å². The molecule has 12 heteroatoms. The number of ether oxygens (including phenoxy) is 3. The van der Waals surface area contributed by atoms with Gasteiger partial charge in [-0.3, -0.25) is 0 Å². The molecule has 0 radical (unpaired) electrons. The average molecular weight is 419 g/mol. The maximum absolute atomic E-state index is 13.2. The van der Waals surface area contributed by atoms with E-state index < -0.39 is 47.0 Å². The highest BCUT2D eigenvalue weighted by atomic mass is 19.4. The molecule has 160 valence electrons. The molecule has 0 amide bonds. The highest BCUT2D eigenvalue weighted by Crippen LogP contribution is 2.53. The first-order chi connectivity index (χ1) is 12.7. The van der Waals surface area contributed by atoms with Crippen LogP contribution in [0.25, 0.3) is 0 Å². The first-order valence-corrected chi connectivity index (χ1v) is 7.80. The normalized spacial score (nSPS) is 13.7. The summed E-state index contributed by atoms with van der Waals surface area (Å²) in [5.41, 5.74) is -6.96. The molecule has 0 heterocycles. The lowest BCUT2D eigenvalue weighted by molar-refractivity contribution is -0.376. The van der Waals surface area contributed by atoms with Gasteiger partial charge >= 0.3 is 18.3 Å². The summed E-state index contributed by atoms with van der Waals surface area (Å²) in [6, 6.07) is 0.0975. The van der Waals surface area contributed by atoms with Crippen LogP contribution in [-0.4, -0.2) is 50.3 Å². The SMILES string of the molecule is CCOC(=O)[C@@H](C)Nc1cc(OC)c(C(O)(C(F)(F)F)C(F)(F)F)cc1OC. The number of rotatable bonds is 7. The molecular formula is C16H19F6NO5. The van der Waals surface area contributed by atoms with Crippen molar-refractivity contribution in [3.8, 4) is 11.5 Å². The third-order valence-corrected chi connectivity index (χ3v) is 3.74. The van der Waals surface area contributed by atoms with Gasteiger partial charge in [-0.05, 0) is 19.9 Å². The summed E-state index contributed by atoms with van der Waals surface area (Å²) in [5, 5.41) is 12.2. The van der Waals surface area contributed by atoms with Crippen LogP contribution < -0.4 is 14.8 Å². The number of aliphatic hydroxyl groups is 1. The minimum absolute atomic E-state index is 0.0639. The number of hydrogen-bond donors (Lipinski definition) is 2. The lowest BCUT2D eigenvalue weighted by Crippen LogP contribution is -2.54. The lowest BCUT2D eigenvalue weighted by atomic mass is 9.90. The topological polar surface area (TPSA) is 77.0 Å². The molecule has 0 unspecified atom stereocenters. The second-order valence-corrected chi connectivity index (χ2v) is 5.58. The molecular weight excluding hydrogens is 400 g/mol. The summed E-state index contributed by atoms with van der Waals surface area (Å²) < 4.78 is 93.4. The van der Waals surface area contributed by atoms with Crippen LogP contribution in [0.5, 0.6) is 11.5 Å². The van der Waals surface area contributed by atoms with E-state index in [0.717, 1.165) is 20.3 Å². The first kappa shape index (κ1) is 23.7. The molecule has 0 saturated carbocycles. The number of carbonyl (C=O) groups excluding carboxylic acids is 1. The smallest absolute Gasteiger partial charge is 0.430 e. The quantitative estimate of drug-likeness (QED) is 0.521. The zero-order valence-electron chi connectivity index (χ0n) is 15.3. The van der Waals surface area contributed by atoms with E-state index in [1.54, 1.807) is 6.92 Å². The van der Waals surface area contributed by atoms with Crippen LogP contribution in [0.4, 0.5) is 32.0 Å². The zero-order valence-corrected chi connectivity index (χ0v) is 15.3. The molecule has 1 aromatic rings.